The molecule has 0 fully saturated rings. The molecule has 3 heteroatoms. The van der Waals surface area contributed by atoms with Crippen LogP contribution in [0, 0.1) is 0 Å². The van der Waals surface area contributed by atoms with Gasteiger partial charge < -0.3 is 10.1 Å². The highest BCUT2D eigenvalue weighted by molar-refractivity contribution is 5.33. The van der Waals surface area contributed by atoms with Gasteiger partial charge >= 0.3 is 0 Å². The summed E-state index contributed by atoms with van der Waals surface area (Å²) in [5, 5.41) is 3.58. The minimum atomic E-state index is 0.237. The lowest BCUT2D eigenvalue weighted by molar-refractivity contribution is 0.402. The van der Waals surface area contributed by atoms with Crippen molar-refractivity contribution in [1.82, 2.24) is 10.3 Å². The first-order valence-electron chi connectivity index (χ1n) is 6.99. The van der Waals surface area contributed by atoms with Crippen LogP contribution in [0.15, 0.2) is 48.7 Å². The van der Waals surface area contributed by atoms with Crippen LogP contribution in [0.4, 0.5) is 0 Å². The van der Waals surface area contributed by atoms with E-state index in [0.29, 0.717) is 6.04 Å². The zero-order valence-corrected chi connectivity index (χ0v) is 12.3. The van der Waals surface area contributed by atoms with Gasteiger partial charge in [0.05, 0.1) is 12.8 Å². The first-order valence-corrected chi connectivity index (χ1v) is 6.99. The van der Waals surface area contributed by atoms with Crippen molar-refractivity contribution in [2.24, 2.45) is 0 Å². The standard InChI is InChI=1S/C17H22N2O/c1-13(12-15-8-4-5-10-17(15)20-3)19-14(2)16-9-6-7-11-18-16/h4-11,13-14,19H,12H2,1-3H3/t13?,14-/m0/s1. The summed E-state index contributed by atoms with van der Waals surface area (Å²) < 4.78 is 5.40. The van der Waals surface area contributed by atoms with Gasteiger partial charge in [0.15, 0.2) is 0 Å². The molecule has 20 heavy (non-hydrogen) atoms. The lowest BCUT2D eigenvalue weighted by atomic mass is 10.0. The SMILES string of the molecule is COc1ccccc1CC(C)N[C@@H](C)c1ccccn1. The predicted octanol–water partition coefficient (Wildman–Crippen LogP) is 3.37. The van der Waals surface area contributed by atoms with E-state index in [4.69, 9.17) is 4.74 Å². The van der Waals surface area contributed by atoms with Gasteiger partial charge in [-0.15, -0.1) is 0 Å². The van der Waals surface area contributed by atoms with Crippen molar-refractivity contribution in [2.75, 3.05) is 7.11 Å². The number of nitrogens with one attached hydrogen (secondary N) is 1. The summed E-state index contributed by atoms with van der Waals surface area (Å²) in [4.78, 5) is 4.39. The van der Waals surface area contributed by atoms with E-state index >= 15 is 0 Å². The maximum Gasteiger partial charge on any atom is 0.122 e. The van der Waals surface area contributed by atoms with Crippen LogP contribution in [0.5, 0.6) is 5.75 Å². The third-order valence-corrected chi connectivity index (χ3v) is 3.38. The summed E-state index contributed by atoms with van der Waals surface area (Å²) in [5.41, 5.74) is 2.29. The second-order valence-corrected chi connectivity index (χ2v) is 5.06. The minimum Gasteiger partial charge on any atom is -0.496 e. The van der Waals surface area contributed by atoms with Crippen molar-refractivity contribution < 1.29 is 4.74 Å². The van der Waals surface area contributed by atoms with E-state index < -0.39 is 0 Å². The number of methoxy groups -OCH3 is 1. The molecule has 1 aromatic carbocycles. The van der Waals surface area contributed by atoms with Crippen LogP contribution >= 0.6 is 0 Å². The fourth-order valence-electron chi connectivity index (χ4n) is 2.40. The highest BCUT2D eigenvalue weighted by atomic mass is 16.5. The zero-order chi connectivity index (χ0) is 14.4. The quantitative estimate of drug-likeness (QED) is 0.874. The summed E-state index contributed by atoms with van der Waals surface area (Å²) in [5.74, 6) is 0.951. The monoisotopic (exact) mass is 270 g/mol. The Bertz CT molecular complexity index is 528. The molecule has 1 unspecified atom stereocenters. The van der Waals surface area contributed by atoms with Crippen LogP contribution in [0.2, 0.25) is 0 Å². The lowest BCUT2D eigenvalue weighted by Gasteiger charge is -2.20. The molecule has 1 heterocycles. The topological polar surface area (TPSA) is 34.1 Å². The molecule has 0 saturated carbocycles. The second-order valence-electron chi connectivity index (χ2n) is 5.06. The molecule has 0 radical (unpaired) electrons. The number of hydrogen-bond donors (Lipinski definition) is 1. The van der Waals surface area contributed by atoms with E-state index in [-0.39, 0.29) is 6.04 Å². The molecule has 2 aromatic rings. The van der Waals surface area contributed by atoms with E-state index in [1.165, 1.54) is 5.56 Å². The highest BCUT2D eigenvalue weighted by Gasteiger charge is 2.12. The van der Waals surface area contributed by atoms with Crippen LogP contribution < -0.4 is 10.1 Å². The first-order chi connectivity index (χ1) is 9.70. The van der Waals surface area contributed by atoms with Crippen molar-refractivity contribution >= 4 is 0 Å². The van der Waals surface area contributed by atoms with Gasteiger partial charge in [0.2, 0.25) is 0 Å². The average molecular weight is 270 g/mol. The largest absolute Gasteiger partial charge is 0.496 e. The van der Waals surface area contributed by atoms with E-state index in [0.717, 1.165) is 17.9 Å². The summed E-state index contributed by atoms with van der Waals surface area (Å²) in [6.07, 6.45) is 2.76. The number of ether oxygens (including phenoxy) is 1. The van der Waals surface area contributed by atoms with E-state index in [1.807, 2.05) is 42.6 Å². The normalized spacial score (nSPS) is 13.8. The molecule has 0 bridgehead atoms. The van der Waals surface area contributed by atoms with Gasteiger partial charge in [0.1, 0.15) is 5.75 Å². The molecule has 0 saturated heterocycles. The molecule has 2 atom stereocenters. The van der Waals surface area contributed by atoms with Crippen LogP contribution in [0.25, 0.3) is 0 Å². The second kappa shape index (κ2) is 7.06. The molecule has 106 valence electrons. The van der Waals surface area contributed by atoms with Gasteiger partial charge in [0.25, 0.3) is 0 Å². The molecular weight excluding hydrogens is 248 g/mol. The van der Waals surface area contributed by atoms with Crippen molar-refractivity contribution in [3.63, 3.8) is 0 Å². The van der Waals surface area contributed by atoms with Gasteiger partial charge in [0, 0.05) is 18.3 Å². The van der Waals surface area contributed by atoms with Gasteiger partial charge in [-0.3, -0.25) is 4.98 Å². The fraction of sp³-hybridized carbons (Fsp3) is 0.353. The molecule has 1 N–H and O–H groups in total. The third-order valence-electron chi connectivity index (χ3n) is 3.38. The molecule has 0 aliphatic heterocycles. The van der Waals surface area contributed by atoms with E-state index in [2.05, 4.69) is 30.2 Å². The molecular formula is C17H22N2O. The van der Waals surface area contributed by atoms with E-state index in [9.17, 15) is 0 Å². The number of hydrogen-bond acceptors (Lipinski definition) is 3. The number of pyridine rings is 1. The van der Waals surface area contributed by atoms with Crippen molar-refractivity contribution in [1.29, 1.82) is 0 Å². The summed E-state index contributed by atoms with van der Waals surface area (Å²) in [7, 11) is 1.72. The number of benzene rings is 1. The maximum atomic E-state index is 5.40. The summed E-state index contributed by atoms with van der Waals surface area (Å²) >= 11 is 0. The highest BCUT2D eigenvalue weighted by Crippen LogP contribution is 2.19. The van der Waals surface area contributed by atoms with Crippen LogP contribution in [-0.2, 0) is 6.42 Å². The van der Waals surface area contributed by atoms with Crippen LogP contribution in [0.1, 0.15) is 31.1 Å². The maximum absolute atomic E-state index is 5.40. The van der Waals surface area contributed by atoms with Gasteiger partial charge in [-0.1, -0.05) is 24.3 Å². The number of para-hydroxylation sites is 1. The van der Waals surface area contributed by atoms with Gasteiger partial charge in [-0.05, 0) is 44.0 Å². The molecule has 0 aliphatic carbocycles. The van der Waals surface area contributed by atoms with Crippen molar-refractivity contribution in [3.8, 4) is 5.75 Å². The Labute approximate surface area is 121 Å². The Morgan fingerprint density at radius 2 is 1.85 bits per heavy atom. The van der Waals surface area contributed by atoms with Crippen molar-refractivity contribution in [2.45, 2.75) is 32.4 Å². The Morgan fingerprint density at radius 3 is 2.55 bits per heavy atom. The fourth-order valence-corrected chi connectivity index (χ4v) is 2.40. The zero-order valence-electron chi connectivity index (χ0n) is 12.3. The van der Waals surface area contributed by atoms with Gasteiger partial charge in [-0.2, -0.15) is 0 Å². The summed E-state index contributed by atoms with van der Waals surface area (Å²) in [6, 6.07) is 14.8. The predicted molar refractivity (Wildman–Crippen MR) is 81.9 cm³/mol. The number of nitrogens with zero attached hydrogens (tertiary/aromatic N) is 1. The molecule has 0 amide bonds. The Morgan fingerprint density at radius 1 is 1.10 bits per heavy atom. The van der Waals surface area contributed by atoms with Crippen LogP contribution in [-0.4, -0.2) is 18.1 Å². The first kappa shape index (κ1) is 14.5. The Hall–Kier alpha value is -1.87. The van der Waals surface area contributed by atoms with Crippen molar-refractivity contribution in [3.05, 3.63) is 59.9 Å². The minimum absolute atomic E-state index is 0.237. The van der Waals surface area contributed by atoms with E-state index in [1.54, 1.807) is 7.11 Å². The molecule has 2 rings (SSSR count). The Balaban J connectivity index is 1.97. The Kier molecular flexibility index (Phi) is 5.13. The molecule has 3 nitrogen and oxygen atoms in total. The summed E-state index contributed by atoms with van der Waals surface area (Å²) in [6.45, 7) is 4.33. The molecule has 0 spiro atoms. The average Bonchev–Trinajstić information content (AvgIpc) is 2.48. The number of rotatable bonds is 6. The number of aromatic nitrogens is 1. The molecule has 0 aliphatic rings. The van der Waals surface area contributed by atoms with Gasteiger partial charge in [-0.25, -0.2) is 0 Å². The smallest absolute Gasteiger partial charge is 0.122 e. The third kappa shape index (κ3) is 3.81. The molecule has 1 aromatic heterocycles. The van der Waals surface area contributed by atoms with Crippen LogP contribution in [0.3, 0.4) is 0 Å². The lowest BCUT2D eigenvalue weighted by Crippen LogP contribution is -2.31.